The maximum Gasteiger partial charge on any atom is 0.310 e. The molecule has 2 aromatic rings. The van der Waals surface area contributed by atoms with Gasteiger partial charge in [0, 0.05) is 26.2 Å². The van der Waals surface area contributed by atoms with Gasteiger partial charge in [-0.3, -0.25) is 9.59 Å². The molecule has 3 heterocycles. The van der Waals surface area contributed by atoms with Gasteiger partial charge in [-0.25, -0.2) is 4.98 Å². The number of fused-ring (bicyclic) bond motifs is 1. The molecular weight excluding hydrogens is 374 g/mol. The van der Waals surface area contributed by atoms with E-state index in [0.717, 1.165) is 49.4 Å². The summed E-state index contributed by atoms with van der Waals surface area (Å²) in [7, 11) is 0. The van der Waals surface area contributed by atoms with E-state index in [1.807, 2.05) is 30.0 Å². The second kappa shape index (κ2) is 8.47. The van der Waals surface area contributed by atoms with Crippen molar-refractivity contribution in [1.82, 2.24) is 9.88 Å². The Morgan fingerprint density at radius 2 is 1.93 bits per heavy atom. The molecule has 0 saturated carbocycles. The van der Waals surface area contributed by atoms with Gasteiger partial charge in [-0.2, -0.15) is 0 Å². The number of esters is 1. The summed E-state index contributed by atoms with van der Waals surface area (Å²) >= 11 is 1.69. The molecule has 0 spiro atoms. The normalized spacial score (nSPS) is 23.0. The smallest absolute Gasteiger partial charge is 0.310 e. The fourth-order valence-corrected chi connectivity index (χ4v) is 5.24. The second-order valence-electron chi connectivity index (χ2n) is 7.62. The molecule has 0 aliphatic carbocycles. The molecule has 2 unspecified atom stereocenters. The third-order valence-corrected chi connectivity index (χ3v) is 6.77. The number of para-hydroxylation sites is 1. The molecular formula is C21H27N3O3S. The molecule has 1 aromatic carbocycles. The summed E-state index contributed by atoms with van der Waals surface area (Å²) in [5.41, 5.74) is 1.02. The van der Waals surface area contributed by atoms with Crippen LogP contribution < -0.4 is 4.90 Å². The topological polar surface area (TPSA) is 62.7 Å². The number of benzene rings is 1. The largest absolute Gasteiger partial charge is 0.466 e. The first-order chi connectivity index (χ1) is 13.7. The number of piperidine rings is 2. The molecule has 2 aliphatic heterocycles. The number of amides is 1. The Morgan fingerprint density at radius 3 is 2.75 bits per heavy atom. The number of rotatable bonds is 4. The minimum Gasteiger partial charge on any atom is -0.466 e. The molecule has 2 atom stereocenters. The van der Waals surface area contributed by atoms with Crippen LogP contribution in [-0.4, -0.2) is 54.5 Å². The van der Waals surface area contributed by atoms with Crippen LogP contribution in [0.15, 0.2) is 24.3 Å². The SMILES string of the molecule is CCOC(=O)C1CCCN(C(=O)C2CCCN(c3nc4ccccc4s3)C2)C1. The summed E-state index contributed by atoms with van der Waals surface area (Å²) in [5, 5.41) is 1.00. The number of ether oxygens (including phenoxy) is 1. The van der Waals surface area contributed by atoms with Crippen LogP contribution in [0.1, 0.15) is 32.6 Å². The Morgan fingerprint density at radius 1 is 1.14 bits per heavy atom. The summed E-state index contributed by atoms with van der Waals surface area (Å²) in [6.07, 6.45) is 3.57. The Labute approximate surface area is 169 Å². The summed E-state index contributed by atoms with van der Waals surface area (Å²) < 4.78 is 6.35. The van der Waals surface area contributed by atoms with Gasteiger partial charge in [-0.05, 0) is 44.7 Å². The van der Waals surface area contributed by atoms with Crippen LogP contribution >= 0.6 is 11.3 Å². The van der Waals surface area contributed by atoms with Crippen molar-refractivity contribution in [3.63, 3.8) is 0 Å². The predicted molar refractivity (Wildman–Crippen MR) is 110 cm³/mol. The second-order valence-corrected chi connectivity index (χ2v) is 8.63. The Hall–Kier alpha value is -2.15. The van der Waals surface area contributed by atoms with Crippen molar-refractivity contribution in [2.45, 2.75) is 32.6 Å². The first kappa shape index (κ1) is 19.2. The van der Waals surface area contributed by atoms with E-state index in [4.69, 9.17) is 9.72 Å². The van der Waals surface area contributed by atoms with Crippen molar-refractivity contribution in [3.8, 4) is 0 Å². The highest BCUT2D eigenvalue weighted by Gasteiger charge is 2.34. The lowest BCUT2D eigenvalue weighted by Gasteiger charge is -2.37. The molecule has 150 valence electrons. The minimum atomic E-state index is -0.179. The van der Waals surface area contributed by atoms with E-state index in [1.165, 1.54) is 4.70 Å². The van der Waals surface area contributed by atoms with Gasteiger partial charge >= 0.3 is 5.97 Å². The van der Waals surface area contributed by atoms with Gasteiger partial charge in [0.05, 0.1) is 28.7 Å². The minimum absolute atomic E-state index is 0.0262. The molecule has 2 saturated heterocycles. The third kappa shape index (κ3) is 3.99. The average molecular weight is 402 g/mol. The van der Waals surface area contributed by atoms with Crippen molar-refractivity contribution in [2.24, 2.45) is 11.8 Å². The van der Waals surface area contributed by atoms with Gasteiger partial charge in [0.2, 0.25) is 5.91 Å². The number of hydrogen-bond acceptors (Lipinski definition) is 6. The number of hydrogen-bond donors (Lipinski definition) is 0. The van der Waals surface area contributed by atoms with Crippen LogP contribution in [-0.2, 0) is 14.3 Å². The maximum atomic E-state index is 13.2. The van der Waals surface area contributed by atoms with Gasteiger partial charge in [-0.15, -0.1) is 0 Å². The molecule has 1 aromatic heterocycles. The number of thiazole rings is 1. The van der Waals surface area contributed by atoms with E-state index in [0.29, 0.717) is 19.7 Å². The van der Waals surface area contributed by atoms with Crippen molar-refractivity contribution < 1.29 is 14.3 Å². The van der Waals surface area contributed by atoms with Crippen LogP contribution in [0.2, 0.25) is 0 Å². The van der Waals surface area contributed by atoms with E-state index >= 15 is 0 Å². The van der Waals surface area contributed by atoms with E-state index in [9.17, 15) is 9.59 Å². The zero-order valence-electron chi connectivity index (χ0n) is 16.3. The van der Waals surface area contributed by atoms with Crippen molar-refractivity contribution in [2.75, 3.05) is 37.7 Å². The number of anilines is 1. The van der Waals surface area contributed by atoms with E-state index in [2.05, 4.69) is 11.0 Å². The van der Waals surface area contributed by atoms with E-state index in [-0.39, 0.29) is 23.7 Å². The van der Waals surface area contributed by atoms with Gasteiger partial charge in [0.1, 0.15) is 0 Å². The highest BCUT2D eigenvalue weighted by molar-refractivity contribution is 7.22. The van der Waals surface area contributed by atoms with Crippen LogP contribution in [0, 0.1) is 11.8 Å². The Bertz CT molecular complexity index is 819. The first-order valence-electron chi connectivity index (χ1n) is 10.2. The molecule has 28 heavy (non-hydrogen) atoms. The van der Waals surface area contributed by atoms with Crippen LogP contribution in [0.4, 0.5) is 5.13 Å². The van der Waals surface area contributed by atoms with Gasteiger partial charge in [-0.1, -0.05) is 23.5 Å². The number of carbonyl (C=O) groups is 2. The third-order valence-electron chi connectivity index (χ3n) is 5.68. The average Bonchev–Trinajstić information content (AvgIpc) is 3.18. The Kier molecular flexibility index (Phi) is 5.80. The van der Waals surface area contributed by atoms with Gasteiger partial charge in [0.15, 0.2) is 5.13 Å². The maximum absolute atomic E-state index is 13.2. The fraction of sp³-hybridized carbons (Fsp3) is 0.571. The monoisotopic (exact) mass is 401 g/mol. The van der Waals surface area contributed by atoms with Crippen molar-refractivity contribution in [1.29, 1.82) is 0 Å². The van der Waals surface area contributed by atoms with Gasteiger partial charge in [0.25, 0.3) is 0 Å². The highest BCUT2D eigenvalue weighted by atomic mass is 32.1. The predicted octanol–water partition coefficient (Wildman–Crippen LogP) is 3.31. The van der Waals surface area contributed by atoms with E-state index < -0.39 is 0 Å². The zero-order chi connectivity index (χ0) is 19.5. The number of likely N-dealkylation sites (tertiary alicyclic amines) is 1. The zero-order valence-corrected chi connectivity index (χ0v) is 17.1. The molecule has 7 heteroatoms. The first-order valence-corrected chi connectivity index (χ1v) is 11.0. The summed E-state index contributed by atoms with van der Waals surface area (Å²) in [5.74, 6) is -0.192. The molecule has 0 radical (unpaired) electrons. The molecule has 0 N–H and O–H groups in total. The standard InChI is InChI=1S/C21H27N3O3S/c1-2-27-20(26)16-8-6-11-23(14-16)19(25)15-7-5-12-24(13-15)21-22-17-9-3-4-10-18(17)28-21/h3-4,9-10,15-16H,2,5-8,11-14H2,1H3. The molecule has 2 aliphatic rings. The van der Waals surface area contributed by atoms with Crippen LogP contribution in [0.3, 0.4) is 0 Å². The number of nitrogens with zero attached hydrogens (tertiary/aromatic N) is 3. The van der Waals surface area contributed by atoms with Gasteiger partial charge < -0.3 is 14.5 Å². The summed E-state index contributed by atoms with van der Waals surface area (Å²) in [4.78, 5) is 34.1. The summed E-state index contributed by atoms with van der Waals surface area (Å²) in [6.45, 7) is 5.10. The molecule has 6 nitrogen and oxygen atoms in total. The lowest BCUT2D eigenvalue weighted by Crippen LogP contribution is -2.49. The van der Waals surface area contributed by atoms with Crippen molar-refractivity contribution >= 4 is 38.6 Å². The summed E-state index contributed by atoms with van der Waals surface area (Å²) in [6, 6.07) is 8.16. The van der Waals surface area contributed by atoms with Crippen LogP contribution in [0.25, 0.3) is 10.2 Å². The molecule has 1 amide bonds. The number of aromatic nitrogens is 1. The van der Waals surface area contributed by atoms with Crippen LogP contribution in [0.5, 0.6) is 0 Å². The van der Waals surface area contributed by atoms with Crippen molar-refractivity contribution in [3.05, 3.63) is 24.3 Å². The molecule has 4 rings (SSSR count). The fourth-order valence-electron chi connectivity index (χ4n) is 4.24. The molecule has 2 fully saturated rings. The highest BCUT2D eigenvalue weighted by Crippen LogP contribution is 2.32. The molecule has 0 bridgehead atoms. The quantitative estimate of drug-likeness (QED) is 0.736. The lowest BCUT2D eigenvalue weighted by molar-refractivity contribution is -0.152. The van der Waals surface area contributed by atoms with E-state index in [1.54, 1.807) is 11.3 Å². The Balaban J connectivity index is 1.42. The lowest BCUT2D eigenvalue weighted by atomic mass is 9.93. The number of carbonyl (C=O) groups excluding carboxylic acids is 2.